The number of nitrogens with zero attached hydrogens (tertiary/aromatic N) is 1. The largest absolute Gasteiger partial charge is 0.506 e. The van der Waals surface area contributed by atoms with Gasteiger partial charge in [0, 0.05) is 13.1 Å². The highest BCUT2D eigenvalue weighted by Crippen LogP contribution is 2.29. The molecule has 0 aliphatic rings. The molecule has 0 fully saturated rings. The lowest BCUT2D eigenvalue weighted by Crippen LogP contribution is -2.24. The Bertz CT molecular complexity index is 827. The number of phenolic OH excluding ortho intramolecular Hbond substituents is 1. The monoisotopic (exact) mass is 439 g/mol. The highest BCUT2D eigenvalue weighted by Gasteiger charge is 2.14. The highest BCUT2D eigenvalue weighted by atomic mass is 16.5. The number of anilines is 1. The predicted molar refractivity (Wildman–Crippen MR) is 137 cm³/mol. The Kier molecular flexibility index (Phi) is 12.2. The van der Waals surface area contributed by atoms with Crippen LogP contribution in [0.2, 0.25) is 0 Å². The quantitative estimate of drug-likeness (QED) is 0.273. The Morgan fingerprint density at radius 2 is 1.38 bits per heavy atom. The summed E-state index contributed by atoms with van der Waals surface area (Å²) in [6.45, 7) is 14.0. The van der Waals surface area contributed by atoms with E-state index in [2.05, 4.69) is 70.7 Å². The number of methoxy groups -OCH3 is 1. The van der Waals surface area contributed by atoms with Gasteiger partial charge in [0.15, 0.2) is 0 Å². The molecule has 0 aliphatic carbocycles. The number of rotatable bonds is 12. The van der Waals surface area contributed by atoms with Gasteiger partial charge in [0.1, 0.15) is 5.75 Å². The molecule has 0 radical (unpaired) electrons. The molecule has 0 amide bonds. The van der Waals surface area contributed by atoms with Gasteiger partial charge in [-0.3, -0.25) is 0 Å². The minimum atomic E-state index is -0.409. The average Bonchev–Trinajstić information content (AvgIpc) is 2.73. The second-order valence-electron chi connectivity index (χ2n) is 8.84. The van der Waals surface area contributed by atoms with E-state index in [1.165, 1.54) is 29.4 Å². The summed E-state index contributed by atoms with van der Waals surface area (Å²) in [7, 11) is 1.36. The first-order valence-corrected chi connectivity index (χ1v) is 11.4. The van der Waals surface area contributed by atoms with Gasteiger partial charge in [-0.05, 0) is 85.4 Å². The van der Waals surface area contributed by atoms with Crippen molar-refractivity contribution < 1.29 is 14.6 Å². The van der Waals surface area contributed by atoms with E-state index >= 15 is 0 Å². The average molecular weight is 440 g/mol. The fourth-order valence-corrected chi connectivity index (χ4v) is 3.21. The molecule has 1 N–H and O–H groups in total. The number of aromatic hydroxyl groups is 1. The van der Waals surface area contributed by atoms with Crippen LogP contribution >= 0.6 is 0 Å². The lowest BCUT2D eigenvalue weighted by molar-refractivity contribution is 0.0600. The topological polar surface area (TPSA) is 49.8 Å². The van der Waals surface area contributed by atoms with Gasteiger partial charge in [0.05, 0.1) is 18.4 Å². The van der Waals surface area contributed by atoms with Crippen LogP contribution in [0, 0.1) is 0 Å². The molecule has 0 heterocycles. The lowest BCUT2D eigenvalue weighted by atomic mass is 10.1. The van der Waals surface area contributed by atoms with E-state index in [1.807, 2.05) is 0 Å². The second-order valence-corrected chi connectivity index (χ2v) is 8.84. The summed E-state index contributed by atoms with van der Waals surface area (Å²) in [5, 5.41) is 10.5. The molecule has 32 heavy (non-hydrogen) atoms. The molecule has 4 nitrogen and oxygen atoms in total. The third kappa shape index (κ3) is 10.5. The molecule has 0 saturated heterocycles. The van der Waals surface area contributed by atoms with Crippen LogP contribution in [-0.4, -0.2) is 31.3 Å². The summed E-state index contributed by atoms with van der Waals surface area (Å²) < 4.78 is 4.86. The van der Waals surface area contributed by atoms with Crippen LogP contribution in [-0.2, 0) is 4.74 Å². The number of carbonyl (C=O) groups excluding carboxylic acids is 1. The van der Waals surface area contributed by atoms with Gasteiger partial charge < -0.3 is 14.7 Å². The van der Waals surface area contributed by atoms with Crippen molar-refractivity contribution >= 4 is 11.7 Å². The number of benzene rings is 1. The maximum absolute atomic E-state index is 12.0. The summed E-state index contributed by atoms with van der Waals surface area (Å²) >= 11 is 0. The number of phenols is 1. The molecule has 0 saturated carbocycles. The summed E-state index contributed by atoms with van der Waals surface area (Å²) in [4.78, 5) is 14.1. The summed E-state index contributed by atoms with van der Waals surface area (Å²) in [6, 6.07) is 4.86. The number of ether oxygens (including phenoxy) is 1. The molecule has 4 heteroatoms. The van der Waals surface area contributed by atoms with E-state index < -0.39 is 5.97 Å². The normalized spacial score (nSPS) is 11.7. The Balaban J connectivity index is 3.09. The standard InChI is InChI=1S/C28H41NO3/c1-21(2)10-8-12-23(5)16-18-29(19-17-24(6)13-9-11-22(3)4)26-20-25(28(31)32-7)14-15-27(26)30/h10-11,14-17,20,30H,8-9,12-13,18-19H2,1-7H3/b23-16+,24-17+. The molecule has 0 bridgehead atoms. The summed E-state index contributed by atoms with van der Waals surface area (Å²) in [6.07, 6.45) is 13.0. The van der Waals surface area contributed by atoms with Crippen molar-refractivity contribution in [3.63, 3.8) is 0 Å². The molecule has 0 aliphatic heterocycles. The minimum absolute atomic E-state index is 0.156. The number of hydrogen-bond donors (Lipinski definition) is 1. The van der Waals surface area contributed by atoms with Gasteiger partial charge >= 0.3 is 5.97 Å². The molecule has 0 atom stereocenters. The van der Waals surface area contributed by atoms with Crippen LogP contribution in [0.1, 0.15) is 77.6 Å². The van der Waals surface area contributed by atoms with Crippen molar-refractivity contribution in [2.75, 3.05) is 25.1 Å². The zero-order valence-corrected chi connectivity index (χ0v) is 21.0. The van der Waals surface area contributed by atoms with E-state index in [4.69, 9.17) is 4.74 Å². The van der Waals surface area contributed by atoms with E-state index in [1.54, 1.807) is 18.2 Å². The number of esters is 1. The number of allylic oxidation sites excluding steroid dienone is 6. The van der Waals surface area contributed by atoms with Crippen LogP contribution in [0.3, 0.4) is 0 Å². The Hall–Kier alpha value is -2.75. The first-order chi connectivity index (χ1) is 15.1. The van der Waals surface area contributed by atoms with Crippen molar-refractivity contribution in [3.8, 4) is 5.75 Å². The third-order valence-electron chi connectivity index (χ3n) is 5.24. The molecular formula is C28H41NO3. The highest BCUT2D eigenvalue weighted by molar-refractivity contribution is 5.91. The fourth-order valence-electron chi connectivity index (χ4n) is 3.21. The lowest BCUT2D eigenvalue weighted by Gasteiger charge is -2.24. The molecular weight excluding hydrogens is 398 g/mol. The molecule has 1 rings (SSSR count). The Labute approximate surface area is 195 Å². The fraction of sp³-hybridized carbons (Fsp3) is 0.464. The van der Waals surface area contributed by atoms with Gasteiger partial charge in [0.25, 0.3) is 0 Å². The zero-order chi connectivity index (χ0) is 24.1. The minimum Gasteiger partial charge on any atom is -0.506 e. The van der Waals surface area contributed by atoms with Crippen LogP contribution in [0.25, 0.3) is 0 Å². The second kappa shape index (κ2) is 14.3. The smallest absolute Gasteiger partial charge is 0.337 e. The molecule has 176 valence electrons. The Morgan fingerprint density at radius 3 is 1.81 bits per heavy atom. The molecule has 1 aromatic carbocycles. The maximum Gasteiger partial charge on any atom is 0.337 e. The maximum atomic E-state index is 12.0. The predicted octanol–water partition coefficient (Wildman–Crippen LogP) is 7.37. The van der Waals surface area contributed by atoms with Crippen LogP contribution in [0.4, 0.5) is 5.69 Å². The van der Waals surface area contributed by atoms with E-state index in [0.29, 0.717) is 24.3 Å². The van der Waals surface area contributed by atoms with E-state index in [-0.39, 0.29) is 5.75 Å². The van der Waals surface area contributed by atoms with E-state index in [0.717, 1.165) is 25.7 Å². The third-order valence-corrected chi connectivity index (χ3v) is 5.24. The van der Waals surface area contributed by atoms with Gasteiger partial charge in [-0.15, -0.1) is 0 Å². The summed E-state index contributed by atoms with van der Waals surface area (Å²) in [5.74, 6) is -0.253. The van der Waals surface area contributed by atoms with Crippen LogP contribution in [0.5, 0.6) is 5.75 Å². The van der Waals surface area contributed by atoms with Crippen molar-refractivity contribution in [1.82, 2.24) is 0 Å². The van der Waals surface area contributed by atoms with E-state index in [9.17, 15) is 9.90 Å². The van der Waals surface area contributed by atoms with Crippen molar-refractivity contribution in [3.05, 3.63) is 70.4 Å². The number of carbonyl (C=O) groups is 1. The van der Waals surface area contributed by atoms with Crippen molar-refractivity contribution in [2.45, 2.75) is 67.2 Å². The number of hydrogen-bond acceptors (Lipinski definition) is 4. The molecule has 1 aromatic rings. The molecule has 0 spiro atoms. The molecule has 0 unspecified atom stereocenters. The van der Waals surface area contributed by atoms with Gasteiger partial charge in [0.2, 0.25) is 0 Å². The van der Waals surface area contributed by atoms with Gasteiger partial charge in [-0.2, -0.15) is 0 Å². The first kappa shape index (κ1) is 27.3. The SMILES string of the molecule is COC(=O)c1ccc(O)c(N(C/C=C(\C)CCC=C(C)C)C/C=C(\C)CCC=C(C)C)c1. The van der Waals surface area contributed by atoms with Crippen molar-refractivity contribution in [2.24, 2.45) is 0 Å². The van der Waals surface area contributed by atoms with Crippen molar-refractivity contribution in [1.29, 1.82) is 0 Å². The Morgan fingerprint density at radius 1 is 0.875 bits per heavy atom. The van der Waals surface area contributed by atoms with Crippen LogP contribution in [0.15, 0.2) is 64.8 Å². The summed E-state index contributed by atoms with van der Waals surface area (Å²) in [5.41, 5.74) is 6.34. The van der Waals surface area contributed by atoms with Gasteiger partial charge in [-0.25, -0.2) is 4.79 Å². The zero-order valence-electron chi connectivity index (χ0n) is 21.0. The van der Waals surface area contributed by atoms with Gasteiger partial charge in [-0.1, -0.05) is 46.6 Å². The van der Waals surface area contributed by atoms with Crippen LogP contribution < -0.4 is 4.90 Å². The molecule has 0 aromatic heterocycles. The first-order valence-electron chi connectivity index (χ1n) is 11.4.